The van der Waals surface area contributed by atoms with Crippen molar-refractivity contribution in [1.29, 1.82) is 0 Å². The van der Waals surface area contributed by atoms with Crippen molar-refractivity contribution in [3.8, 4) is 28.6 Å². The Morgan fingerprint density at radius 1 is 1.03 bits per heavy atom. The molecule has 6 nitrogen and oxygen atoms in total. The van der Waals surface area contributed by atoms with Gasteiger partial charge in [-0.1, -0.05) is 24.3 Å². The minimum absolute atomic E-state index is 0.186. The first-order valence-electron chi connectivity index (χ1n) is 9.40. The molecule has 0 radical (unpaired) electrons. The van der Waals surface area contributed by atoms with E-state index in [0.717, 1.165) is 17.6 Å². The van der Waals surface area contributed by atoms with E-state index in [-0.39, 0.29) is 5.78 Å². The molecule has 0 unspecified atom stereocenters. The molecule has 0 saturated heterocycles. The van der Waals surface area contributed by atoms with Gasteiger partial charge in [0.05, 0.1) is 27.5 Å². The van der Waals surface area contributed by atoms with Crippen molar-refractivity contribution in [3.05, 3.63) is 77.8 Å². The maximum atomic E-state index is 13.6. The number of hydrogen-bond donors (Lipinski definition) is 0. The number of rotatable bonds is 7. The van der Waals surface area contributed by atoms with E-state index in [0.29, 0.717) is 39.7 Å². The number of aromatic nitrogens is 1. The minimum atomic E-state index is -0.186. The Labute approximate surface area is 174 Å². The van der Waals surface area contributed by atoms with Crippen LogP contribution in [0, 0.1) is 0 Å². The van der Waals surface area contributed by atoms with E-state index in [1.165, 1.54) is 27.7 Å². The molecule has 1 aliphatic carbocycles. The van der Waals surface area contributed by atoms with E-state index >= 15 is 0 Å². The highest BCUT2D eigenvalue weighted by atomic mass is 16.5. The van der Waals surface area contributed by atoms with E-state index in [2.05, 4.69) is 17.1 Å². The van der Waals surface area contributed by atoms with E-state index in [9.17, 15) is 4.79 Å². The molecule has 0 spiro atoms. The lowest BCUT2D eigenvalue weighted by molar-refractivity contribution is 0.103. The molecule has 0 atom stereocenters. The van der Waals surface area contributed by atoms with Gasteiger partial charge in [-0.05, 0) is 41.8 Å². The van der Waals surface area contributed by atoms with Gasteiger partial charge in [0.25, 0.3) is 0 Å². The Kier molecular flexibility index (Phi) is 5.39. The molecule has 0 fully saturated rings. The number of hydrogen-bond acceptors (Lipinski definition) is 6. The fourth-order valence-electron chi connectivity index (χ4n) is 3.52. The molecule has 0 aliphatic heterocycles. The Morgan fingerprint density at radius 2 is 1.80 bits per heavy atom. The summed E-state index contributed by atoms with van der Waals surface area (Å²) in [5.41, 5.74) is 3.73. The zero-order chi connectivity index (χ0) is 21.1. The highest BCUT2D eigenvalue weighted by Gasteiger charge is 2.22. The molecule has 30 heavy (non-hydrogen) atoms. The van der Waals surface area contributed by atoms with Gasteiger partial charge < -0.3 is 18.6 Å². The van der Waals surface area contributed by atoms with Crippen LogP contribution in [0.1, 0.15) is 27.9 Å². The predicted octanol–water partition coefficient (Wildman–Crippen LogP) is 4.94. The van der Waals surface area contributed by atoms with Gasteiger partial charge in [-0.15, -0.1) is 0 Å². The van der Waals surface area contributed by atoms with Crippen molar-refractivity contribution in [2.45, 2.75) is 6.42 Å². The number of carbonyl (C=O) groups is 1. The Hall–Kier alpha value is -3.80. The van der Waals surface area contributed by atoms with Crippen LogP contribution in [0.4, 0.5) is 0 Å². The first-order valence-corrected chi connectivity index (χ1v) is 9.40. The summed E-state index contributed by atoms with van der Waals surface area (Å²) in [5.74, 6) is 1.61. The van der Waals surface area contributed by atoms with Crippen molar-refractivity contribution < 1.29 is 23.4 Å². The zero-order valence-electron chi connectivity index (χ0n) is 17.0. The van der Waals surface area contributed by atoms with Crippen molar-refractivity contribution in [2.75, 3.05) is 21.3 Å². The molecule has 3 aromatic rings. The number of ketones is 1. The van der Waals surface area contributed by atoms with Crippen LogP contribution < -0.4 is 14.2 Å². The van der Waals surface area contributed by atoms with Crippen molar-refractivity contribution in [1.82, 2.24) is 4.98 Å². The van der Waals surface area contributed by atoms with Gasteiger partial charge in [-0.3, -0.25) is 4.79 Å². The van der Waals surface area contributed by atoms with Crippen LogP contribution in [-0.2, 0) is 0 Å². The molecule has 0 saturated carbocycles. The lowest BCUT2D eigenvalue weighted by Gasteiger charge is -2.15. The maximum absolute atomic E-state index is 13.6. The zero-order valence-corrected chi connectivity index (χ0v) is 17.0. The van der Waals surface area contributed by atoms with E-state index < -0.39 is 0 Å². The second-order valence-corrected chi connectivity index (χ2v) is 6.69. The second kappa shape index (κ2) is 8.29. The Morgan fingerprint density at radius 3 is 2.37 bits per heavy atom. The molecular formula is C24H21NO5. The third kappa shape index (κ3) is 3.48. The third-order valence-electron chi connectivity index (χ3n) is 5.03. The Bertz CT molecular complexity index is 1120. The van der Waals surface area contributed by atoms with Crippen molar-refractivity contribution in [2.24, 2.45) is 0 Å². The fraction of sp³-hybridized carbons (Fsp3) is 0.167. The lowest BCUT2D eigenvalue weighted by atomic mass is 9.92. The number of ether oxygens (including phenoxy) is 3. The fourth-order valence-corrected chi connectivity index (χ4v) is 3.52. The van der Waals surface area contributed by atoms with Crippen LogP contribution >= 0.6 is 0 Å². The first-order chi connectivity index (χ1) is 14.7. The molecule has 2 aromatic carbocycles. The number of methoxy groups -OCH3 is 3. The molecular weight excluding hydrogens is 382 g/mol. The van der Waals surface area contributed by atoms with Gasteiger partial charge in [0, 0.05) is 16.7 Å². The van der Waals surface area contributed by atoms with Gasteiger partial charge in [0.15, 0.2) is 29.4 Å². The first kappa shape index (κ1) is 19.5. The van der Waals surface area contributed by atoms with Crippen LogP contribution in [0.3, 0.4) is 0 Å². The van der Waals surface area contributed by atoms with E-state index in [4.69, 9.17) is 18.6 Å². The number of allylic oxidation sites excluding steroid dienone is 4. The average Bonchev–Trinajstić information content (AvgIpc) is 3.51. The Balaban J connectivity index is 1.86. The summed E-state index contributed by atoms with van der Waals surface area (Å²) in [6.07, 6.45) is 9.93. The van der Waals surface area contributed by atoms with Crippen LogP contribution in [0.15, 0.2) is 65.6 Å². The third-order valence-corrected chi connectivity index (χ3v) is 5.03. The highest BCUT2D eigenvalue weighted by Crippen LogP contribution is 2.39. The summed E-state index contributed by atoms with van der Waals surface area (Å²) in [6, 6.07) is 9.07. The SMILES string of the molecule is COc1cc(C(=O)c2cc(C3=CC=CC3)ccc2-c2cnco2)cc(OC)c1OC. The largest absolute Gasteiger partial charge is 0.493 e. The van der Waals surface area contributed by atoms with Crippen LogP contribution in [0.25, 0.3) is 16.9 Å². The normalized spacial score (nSPS) is 12.6. The summed E-state index contributed by atoms with van der Waals surface area (Å²) in [7, 11) is 4.56. The summed E-state index contributed by atoms with van der Waals surface area (Å²) < 4.78 is 21.7. The van der Waals surface area contributed by atoms with E-state index in [1.807, 2.05) is 24.3 Å². The number of carbonyl (C=O) groups excluding carboxylic acids is 1. The number of oxazole rings is 1. The highest BCUT2D eigenvalue weighted by molar-refractivity contribution is 6.13. The summed E-state index contributed by atoms with van der Waals surface area (Å²) >= 11 is 0. The molecule has 1 heterocycles. The van der Waals surface area contributed by atoms with Gasteiger partial charge in [-0.2, -0.15) is 0 Å². The van der Waals surface area contributed by atoms with Crippen LogP contribution in [0.5, 0.6) is 17.2 Å². The monoisotopic (exact) mass is 403 g/mol. The van der Waals surface area contributed by atoms with Crippen molar-refractivity contribution in [3.63, 3.8) is 0 Å². The van der Waals surface area contributed by atoms with Gasteiger partial charge in [0.1, 0.15) is 0 Å². The quantitative estimate of drug-likeness (QED) is 0.520. The average molecular weight is 403 g/mol. The van der Waals surface area contributed by atoms with E-state index in [1.54, 1.807) is 18.3 Å². The number of nitrogens with zero attached hydrogens (tertiary/aromatic N) is 1. The minimum Gasteiger partial charge on any atom is -0.493 e. The summed E-state index contributed by atoms with van der Waals surface area (Å²) in [4.78, 5) is 17.6. The van der Waals surface area contributed by atoms with Gasteiger partial charge in [0.2, 0.25) is 5.75 Å². The molecule has 1 aromatic heterocycles. The summed E-state index contributed by atoms with van der Waals surface area (Å²) in [5, 5.41) is 0. The molecule has 0 bridgehead atoms. The van der Waals surface area contributed by atoms with Gasteiger partial charge >= 0.3 is 0 Å². The van der Waals surface area contributed by atoms with Crippen LogP contribution in [-0.4, -0.2) is 32.1 Å². The molecule has 1 aliphatic rings. The topological polar surface area (TPSA) is 70.8 Å². The molecule has 0 amide bonds. The maximum Gasteiger partial charge on any atom is 0.203 e. The second-order valence-electron chi connectivity index (χ2n) is 6.69. The van der Waals surface area contributed by atoms with Crippen LogP contribution in [0.2, 0.25) is 0 Å². The standard InChI is InChI=1S/C24H21NO5/c1-27-20-11-17(12-21(28-2)24(20)29-3)23(26)19-10-16(15-6-4-5-7-15)8-9-18(19)22-13-25-14-30-22/h4-6,8-14H,7H2,1-3H3. The molecule has 0 N–H and O–H groups in total. The predicted molar refractivity (Wildman–Crippen MR) is 113 cm³/mol. The lowest BCUT2D eigenvalue weighted by Crippen LogP contribution is -2.06. The number of benzene rings is 2. The smallest absolute Gasteiger partial charge is 0.203 e. The van der Waals surface area contributed by atoms with Gasteiger partial charge in [-0.25, -0.2) is 4.98 Å². The van der Waals surface area contributed by atoms with Crippen molar-refractivity contribution >= 4 is 11.4 Å². The summed E-state index contributed by atoms with van der Waals surface area (Å²) in [6.45, 7) is 0. The molecule has 4 rings (SSSR count). The molecule has 6 heteroatoms. The molecule has 152 valence electrons.